The first-order chi connectivity index (χ1) is 6.70. The second-order valence-corrected chi connectivity index (χ2v) is 3.86. The molecule has 0 spiro atoms. The van der Waals surface area contributed by atoms with Crippen molar-refractivity contribution >= 4 is 17.7 Å². The lowest BCUT2D eigenvalue weighted by atomic mass is 9.98. The molecule has 2 atom stereocenters. The third kappa shape index (κ3) is 1.37. The van der Waals surface area contributed by atoms with E-state index in [1.807, 2.05) is 37.3 Å². The predicted octanol–water partition coefficient (Wildman–Crippen LogP) is 2.36. The van der Waals surface area contributed by atoms with Crippen molar-refractivity contribution in [2.24, 2.45) is 0 Å². The van der Waals surface area contributed by atoms with E-state index in [9.17, 15) is 4.79 Å². The molecule has 3 heteroatoms. The average molecular weight is 208 g/mol. The number of ether oxygens (including phenoxy) is 1. The van der Waals surface area contributed by atoms with E-state index in [1.54, 1.807) is 0 Å². The van der Waals surface area contributed by atoms with Crippen molar-refractivity contribution in [3.63, 3.8) is 0 Å². The third-order valence-electron chi connectivity index (χ3n) is 2.68. The molecule has 0 aliphatic carbocycles. The molecule has 74 valence electrons. The topological polar surface area (TPSA) is 29.6 Å². The van der Waals surface area contributed by atoms with Crippen LogP contribution >= 0.6 is 12.6 Å². The van der Waals surface area contributed by atoms with Gasteiger partial charge in [0.25, 0.3) is 0 Å². The number of hydrogen-bond acceptors (Lipinski definition) is 2. The van der Waals surface area contributed by atoms with Crippen molar-refractivity contribution in [3.8, 4) is 0 Å². The van der Waals surface area contributed by atoms with E-state index < -0.39 is 5.60 Å². The Hall–Kier alpha value is -0.800. The zero-order valence-electron chi connectivity index (χ0n) is 7.93. The molecule has 1 aromatic rings. The van der Waals surface area contributed by atoms with Crippen molar-refractivity contribution in [1.29, 1.82) is 0 Å². The number of carbonyl (C=O) groups is 1. The summed E-state index contributed by atoms with van der Waals surface area (Å²) < 4.78 is 5.48. The minimum atomic E-state index is -0.662. The molecule has 2 nitrogen and oxygen atoms in total. The van der Waals surface area contributed by atoms with Gasteiger partial charge in [-0.25, -0.2) is 0 Å². The maximum Gasteiger partial charge on any atom is 0.220 e. The molecule has 1 fully saturated rings. The summed E-state index contributed by atoms with van der Waals surface area (Å²) in [5, 5.41) is -0.172. The molecule has 0 radical (unpaired) electrons. The first-order valence-electron chi connectivity index (χ1n) is 4.67. The molecule has 0 bridgehead atoms. The van der Waals surface area contributed by atoms with Crippen LogP contribution < -0.4 is 0 Å². The van der Waals surface area contributed by atoms with Crippen LogP contribution in [-0.2, 0) is 9.53 Å². The van der Waals surface area contributed by atoms with Gasteiger partial charge in [-0.1, -0.05) is 37.3 Å². The molecule has 1 aliphatic heterocycles. The number of epoxide rings is 1. The SMILES string of the molecule is CCC1(C(=O)S)OC1c1ccccc1. The highest BCUT2D eigenvalue weighted by Gasteiger charge is 2.60. The molecule has 1 saturated heterocycles. The predicted molar refractivity (Wildman–Crippen MR) is 57.3 cm³/mol. The van der Waals surface area contributed by atoms with Gasteiger partial charge in [-0.15, -0.1) is 12.6 Å². The zero-order valence-corrected chi connectivity index (χ0v) is 8.83. The van der Waals surface area contributed by atoms with Gasteiger partial charge in [-0.05, 0) is 12.0 Å². The van der Waals surface area contributed by atoms with Gasteiger partial charge in [0, 0.05) is 0 Å². The summed E-state index contributed by atoms with van der Waals surface area (Å²) >= 11 is 3.87. The highest BCUT2D eigenvalue weighted by molar-refractivity contribution is 7.96. The fourth-order valence-electron chi connectivity index (χ4n) is 1.72. The zero-order chi connectivity index (χ0) is 10.2. The first kappa shape index (κ1) is 9.74. The van der Waals surface area contributed by atoms with Gasteiger partial charge in [-0.2, -0.15) is 0 Å². The van der Waals surface area contributed by atoms with E-state index in [0.29, 0.717) is 6.42 Å². The standard InChI is InChI=1S/C11H12O2S/c1-2-11(10(12)14)9(13-11)8-6-4-3-5-7-8/h3-7,9H,2H2,1H3,(H,12,14). The molecule has 14 heavy (non-hydrogen) atoms. The number of rotatable bonds is 3. The Kier molecular flexibility index (Phi) is 2.37. The van der Waals surface area contributed by atoms with Crippen molar-refractivity contribution in [1.82, 2.24) is 0 Å². The van der Waals surface area contributed by atoms with Crippen LogP contribution in [0, 0.1) is 0 Å². The first-order valence-corrected chi connectivity index (χ1v) is 5.11. The number of benzene rings is 1. The normalized spacial score (nSPS) is 30.0. The maximum absolute atomic E-state index is 11.3. The summed E-state index contributed by atoms with van der Waals surface area (Å²) in [6.45, 7) is 1.94. The minimum Gasteiger partial charge on any atom is -0.352 e. The average Bonchev–Trinajstić information content (AvgIpc) is 2.95. The van der Waals surface area contributed by atoms with Gasteiger partial charge < -0.3 is 4.74 Å². The number of thiol groups is 1. The van der Waals surface area contributed by atoms with E-state index in [-0.39, 0.29) is 11.2 Å². The molecule has 2 rings (SSSR count). The third-order valence-corrected chi connectivity index (χ3v) is 3.06. The van der Waals surface area contributed by atoms with Crippen LogP contribution in [-0.4, -0.2) is 10.7 Å². The fraction of sp³-hybridized carbons (Fsp3) is 0.364. The van der Waals surface area contributed by atoms with Crippen LogP contribution in [0.15, 0.2) is 30.3 Å². The molecule has 0 N–H and O–H groups in total. The van der Waals surface area contributed by atoms with Crippen LogP contribution in [0.3, 0.4) is 0 Å². The molecular formula is C11H12O2S. The van der Waals surface area contributed by atoms with Crippen LogP contribution in [0.2, 0.25) is 0 Å². The molecule has 1 heterocycles. The monoisotopic (exact) mass is 208 g/mol. The van der Waals surface area contributed by atoms with Crippen LogP contribution in [0.4, 0.5) is 0 Å². The number of hydrogen-bond donors (Lipinski definition) is 1. The second kappa shape index (κ2) is 3.41. The van der Waals surface area contributed by atoms with Gasteiger partial charge in [0.1, 0.15) is 6.10 Å². The fourth-order valence-corrected chi connectivity index (χ4v) is 2.05. The van der Waals surface area contributed by atoms with Gasteiger partial charge in [-0.3, -0.25) is 4.79 Å². The lowest BCUT2D eigenvalue weighted by Crippen LogP contribution is -2.19. The Balaban J connectivity index is 2.22. The summed E-state index contributed by atoms with van der Waals surface area (Å²) in [6, 6.07) is 9.78. The van der Waals surface area contributed by atoms with E-state index in [0.717, 1.165) is 5.56 Å². The largest absolute Gasteiger partial charge is 0.352 e. The van der Waals surface area contributed by atoms with E-state index in [4.69, 9.17) is 4.74 Å². The highest BCUT2D eigenvalue weighted by Crippen LogP contribution is 2.52. The van der Waals surface area contributed by atoms with Crippen molar-refractivity contribution in [2.45, 2.75) is 25.0 Å². The molecule has 0 amide bonds. The van der Waals surface area contributed by atoms with Gasteiger partial charge >= 0.3 is 0 Å². The smallest absolute Gasteiger partial charge is 0.220 e. The van der Waals surface area contributed by atoms with Gasteiger partial charge in [0.05, 0.1) is 0 Å². The summed E-state index contributed by atoms with van der Waals surface area (Å²) in [7, 11) is 0. The van der Waals surface area contributed by atoms with Crippen LogP contribution in [0.25, 0.3) is 0 Å². The summed E-state index contributed by atoms with van der Waals surface area (Å²) in [4.78, 5) is 11.3. The van der Waals surface area contributed by atoms with Crippen molar-refractivity contribution in [2.75, 3.05) is 0 Å². The second-order valence-electron chi connectivity index (χ2n) is 3.46. The molecule has 0 aromatic heterocycles. The highest BCUT2D eigenvalue weighted by atomic mass is 32.1. The maximum atomic E-state index is 11.3. The Morgan fingerprint density at radius 1 is 1.50 bits per heavy atom. The van der Waals surface area contributed by atoms with E-state index in [1.165, 1.54) is 0 Å². The molecule has 0 saturated carbocycles. The molecule has 2 unspecified atom stereocenters. The summed E-state index contributed by atoms with van der Waals surface area (Å²) in [6.07, 6.45) is 0.577. The minimum absolute atomic E-state index is 0.0984. The Morgan fingerprint density at radius 3 is 2.57 bits per heavy atom. The lowest BCUT2D eigenvalue weighted by molar-refractivity contribution is -0.115. The Morgan fingerprint density at radius 2 is 2.14 bits per heavy atom. The summed E-state index contributed by atoms with van der Waals surface area (Å²) in [5.41, 5.74) is 0.390. The lowest BCUT2D eigenvalue weighted by Gasteiger charge is -2.03. The van der Waals surface area contributed by atoms with Gasteiger partial charge in [0.15, 0.2) is 5.60 Å². The van der Waals surface area contributed by atoms with E-state index >= 15 is 0 Å². The Labute approximate surface area is 88.7 Å². The molecule has 1 aromatic carbocycles. The van der Waals surface area contributed by atoms with Crippen LogP contribution in [0.5, 0.6) is 0 Å². The Bertz CT molecular complexity index is 350. The molecular weight excluding hydrogens is 196 g/mol. The number of carbonyl (C=O) groups excluding carboxylic acids is 1. The summed E-state index contributed by atoms with van der Waals surface area (Å²) in [5.74, 6) is 0. The van der Waals surface area contributed by atoms with Crippen molar-refractivity contribution in [3.05, 3.63) is 35.9 Å². The van der Waals surface area contributed by atoms with Gasteiger partial charge in [0.2, 0.25) is 5.12 Å². The van der Waals surface area contributed by atoms with E-state index in [2.05, 4.69) is 12.6 Å². The molecule has 1 aliphatic rings. The quantitative estimate of drug-likeness (QED) is 0.610. The van der Waals surface area contributed by atoms with Crippen LogP contribution in [0.1, 0.15) is 25.0 Å². The van der Waals surface area contributed by atoms with Crippen molar-refractivity contribution < 1.29 is 9.53 Å².